The van der Waals surface area contributed by atoms with Crippen LogP contribution in [0.2, 0.25) is 0 Å². The van der Waals surface area contributed by atoms with Crippen molar-refractivity contribution in [3.8, 4) is 0 Å². The molecule has 2 aliphatic carbocycles. The van der Waals surface area contributed by atoms with Crippen molar-refractivity contribution in [1.82, 2.24) is 5.06 Å². The Bertz CT molecular complexity index is 535. The normalized spacial score (nSPS) is 42.7. The Hall–Kier alpha value is -0.260. The fourth-order valence-corrected chi connectivity index (χ4v) is 5.13. The van der Waals surface area contributed by atoms with Crippen molar-refractivity contribution in [3.63, 3.8) is 0 Å². The Balaban J connectivity index is 2.05. The molecular weight excluding hydrogens is 348 g/mol. The third-order valence-electron chi connectivity index (χ3n) is 4.01. The molecular formula is C12H9Cl4NO3. The zero-order valence-corrected chi connectivity index (χ0v) is 13.1. The first-order chi connectivity index (χ1) is 9.29. The molecule has 2 fully saturated rings. The van der Waals surface area contributed by atoms with Gasteiger partial charge in [-0.05, 0) is 6.42 Å². The van der Waals surface area contributed by atoms with Gasteiger partial charge in [-0.25, -0.2) is 0 Å². The van der Waals surface area contributed by atoms with E-state index in [0.29, 0.717) is 5.06 Å². The van der Waals surface area contributed by atoms with Crippen LogP contribution in [0.5, 0.6) is 0 Å². The molecule has 0 N–H and O–H groups in total. The van der Waals surface area contributed by atoms with Crippen molar-refractivity contribution < 1.29 is 14.4 Å². The minimum atomic E-state index is -1.23. The Kier molecular flexibility index (Phi) is 3.20. The Morgan fingerprint density at radius 3 is 2.05 bits per heavy atom. The topological polar surface area (TPSA) is 46.6 Å². The van der Waals surface area contributed by atoms with Crippen molar-refractivity contribution in [2.45, 2.75) is 16.2 Å². The van der Waals surface area contributed by atoms with Crippen LogP contribution in [-0.2, 0) is 14.4 Å². The van der Waals surface area contributed by atoms with Gasteiger partial charge in [0.25, 0.3) is 11.8 Å². The van der Waals surface area contributed by atoms with Crippen molar-refractivity contribution in [3.05, 3.63) is 22.7 Å². The predicted octanol–water partition coefficient (Wildman–Crippen LogP) is 2.77. The summed E-state index contributed by atoms with van der Waals surface area (Å²) in [5, 5.41) is 0.983. The summed E-state index contributed by atoms with van der Waals surface area (Å²) in [4.78, 5) is 27.4. The Labute approximate surface area is 135 Å². The van der Waals surface area contributed by atoms with Gasteiger partial charge < -0.3 is 0 Å². The summed E-state index contributed by atoms with van der Waals surface area (Å²) in [6.07, 6.45) is 1.58. The zero-order chi connectivity index (χ0) is 14.9. The third-order valence-corrected chi connectivity index (χ3v) is 6.47. The second-order valence-electron chi connectivity index (χ2n) is 5.04. The predicted molar refractivity (Wildman–Crippen MR) is 75.5 cm³/mol. The number of hydroxylamine groups is 2. The van der Waals surface area contributed by atoms with Crippen LogP contribution in [-0.4, -0.2) is 33.2 Å². The maximum atomic E-state index is 12.4. The number of amides is 2. The van der Waals surface area contributed by atoms with E-state index < -0.39 is 33.4 Å². The summed E-state index contributed by atoms with van der Waals surface area (Å²) in [5.41, 5.74) is 0. The second-order valence-corrected chi connectivity index (χ2v) is 7.15. The molecule has 108 valence electrons. The number of carbonyl (C=O) groups is 2. The summed E-state index contributed by atoms with van der Waals surface area (Å²) in [6.45, 7) is 3.48. The summed E-state index contributed by atoms with van der Waals surface area (Å²) in [5.74, 6) is -2.79. The molecule has 2 amide bonds. The number of imide groups is 1. The Morgan fingerprint density at radius 1 is 1.20 bits per heavy atom. The molecule has 3 aliphatic rings. The lowest BCUT2D eigenvalue weighted by atomic mass is 9.84. The fourth-order valence-electron chi connectivity index (χ4n) is 3.21. The van der Waals surface area contributed by atoms with E-state index in [1.165, 1.54) is 6.08 Å². The molecule has 1 heterocycles. The van der Waals surface area contributed by atoms with Gasteiger partial charge in [-0.3, -0.25) is 14.4 Å². The standard InChI is InChI=1S/C12H9Cl4NO3/c1-2-3-20-17-9(18)5-6(10(17)19)12(16)4-11(5,15)7(13)8(12)14/h2,5-6H,1,3-4H2/t5-,6+,11-,12-/m0/s1. The molecule has 0 aromatic heterocycles. The van der Waals surface area contributed by atoms with Crippen LogP contribution in [0, 0.1) is 11.8 Å². The molecule has 4 atom stereocenters. The van der Waals surface area contributed by atoms with Gasteiger partial charge in [-0.1, -0.05) is 29.3 Å². The first kappa shape index (κ1) is 14.7. The highest BCUT2D eigenvalue weighted by molar-refractivity contribution is 6.52. The monoisotopic (exact) mass is 355 g/mol. The number of hydrogen-bond donors (Lipinski definition) is 0. The SMILES string of the molecule is C=CCON1C(=O)[C@@H]2[C@H](C1=O)[C@@]1(Cl)C[C@@]2(Cl)C(Cl)=C1Cl. The molecule has 1 aliphatic heterocycles. The van der Waals surface area contributed by atoms with Gasteiger partial charge in [0.05, 0.1) is 38.3 Å². The number of alkyl halides is 2. The first-order valence-corrected chi connectivity index (χ1v) is 7.36. The van der Waals surface area contributed by atoms with E-state index in [4.69, 9.17) is 51.2 Å². The van der Waals surface area contributed by atoms with Gasteiger partial charge in [0.15, 0.2) is 0 Å². The zero-order valence-electron chi connectivity index (χ0n) is 10.0. The highest BCUT2D eigenvalue weighted by atomic mass is 35.5. The lowest BCUT2D eigenvalue weighted by molar-refractivity contribution is -0.186. The van der Waals surface area contributed by atoms with E-state index >= 15 is 0 Å². The van der Waals surface area contributed by atoms with Crippen molar-refractivity contribution in [2.75, 3.05) is 6.61 Å². The van der Waals surface area contributed by atoms with E-state index in [2.05, 4.69) is 6.58 Å². The van der Waals surface area contributed by atoms with Crippen LogP contribution in [0.3, 0.4) is 0 Å². The highest BCUT2D eigenvalue weighted by Gasteiger charge is 2.76. The van der Waals surface area contributed by atoms with E-state index in [9.17, 15) is 9.59 Å². The molecule has 20 heavy (non-hydrogen) atoms. The fraction of sp³-hybridized carbons (Fsp3) is 0.500. The van der Waals surface area contributed by atoms with E-state index in [0.717, 1.165) is 0 Å². The van der Waals surface area contributed by atoms with E-state index in [1.54, 1.807) is 0 Å². The summed E-state index contributed by atoms with van der Waals surface area (Å²) < 4.78 is 0. The number of rotatable bonds is 3. The maximum absolute atomic E-state index is 12.4. The van der Waals surface area contributed by atoms with E-state index in [1.807, 2.05) is 0 Å². The van der Waals surface area contributed by atoms with Crippen LogP contribution >= 0.6 is 46.4 Å². The molecule has 1 saturated carbocycles. The average molecular weight is 357 g/mol. The molecule has 2 bridgehead atoms. The first-order valence-electron chi connectivity index (χ1n) is 5.84. The number of nitrogens with zero attached hydrogens (tertiary/aromatic N) is 1. The minimum Gasteiger partial charge on any atom is -0.272 e. The summed E-state index contributed by atoms with van der Waals surface area (Å²) >= 11 is 25.1. The van der Waals surface area contributed by atoms with Gasteiger partial charge in [0.1, 0.15) is 0 Å². The highest BCUT2D eigenvalue weighted by Crippen LogP contribution is 2.69. The molecule has 0 aromatic carbocycles. The molecule has 3 rings (SSSR count). The van der Waals surface area contributed by atoms with Crippen LogP contribution < -0.4 is 0 Å². The number of hydrogen-bond acceptors (Lipinski definition) is 3. The molecule has 0 aromatic rings. The summed E-state index contributed by atoms with van der Waals surface area (Å²) in [6, 6.07) is 0. The molecule has 1 saturated heterocycles. The lowest BCUT2D eigenvalue weighted by Gasteiger charge is -2.28. The number of allylic oxidation sites excluding steroid dienone is 2. The number of fused-ring (bicyclic) bond motifs is 5. The van der Waals surface area contributed by atoms with Crippen LogP contribution in [0.25, 0.3) is 0 Å². The molecule has 8 heteroatoms. The number of halogens is 4. The third kappa shape index (κ3) is 1.49. The van der Waals surface area contributed by atoms with Gasteiger partial charge in [-0.2, -0.15) is 5.06 Å². The minimum absolute atomic E-state index is 0.0242. The average Bonchev–Trinajstić information content (AvgIpc) is 2.86. The second kappa shape index (κ2) is 4.37. The largest absolute Gasteiger partial charge is 0.272 e. The maximum Gasteiger partial charge on any atom is 0.259 e. The van der Waals surface area contributed by atoms with Gasteiger partial charge in [0, 0.05) is 0 Å². The lowest BCUT2D eigenvalue weighted by Crippen LogP contribution is -2.38. The van der Waals surface area contributed by atoms with Crippen molar-refractivity contribution in [2.24, 2.45) is 11.8 Å². The smallest absolute Gasteiger partial charge is 0.259 e. The van der Waals surface area contributed by atoms with Crippen LogP contribution in [0.4, 0.5) is 0 Å². The van der Waals surface area contributed by atoms with Crippen LogP contribution in [0.1, 0.15) is 6.42 Å². The van der Waals surface area contributed by atoms with Gasteiger partial charge in [0.2, 0.25) is 0 Å². The molecule has 0 unspecified atom stereocenters. The number of carbonyl (C=O) groups excluding carboxylic acids is 2. The van der Waals surface area contributed by atoms with E-state index in [-0.39, 0.29) is 23.1 Å². The van der Waals surface area contributed by atoms with Crippen LogP contribution in [0.15, 0.2) is 22.7 Å². The molecule has 0 spiro atoms. The summed E-state index contributed by atoms with van der Waals surface area (Å²) in [7, 11) is 0. The Morgan fingerprint density at radius 2 is 1.65 bits per heavy atom. The van der Waals surface area contributed by atoms with Crippen molar-refractivity contribution >= 4 is 58.2 Å². The molecule has 0 radical (unpaired) electrons. The molecule has 4 nitrogen and oxygen atoms in total. The quantitative estimate of drug-likeness (QED) is 0.443. The van der Waals surface area contributed by atoms with Gasteiger partial charge >= 0.3 is 0 Å². The van der Waals surface area contributed by atoms with Gasteiger partial charge in [-0.15, -0.1) is 29.8 Å². The van der Waals surface area contributed by atoms with Crippen molar-refractivity contribution in [1.29, 1.82) is 0 Å².